The summed E-state index contributed by atoms with van der Waals surface area (Å²) < 4.78 is 38.0. The number of benzene rings is 1. The SMILES string of the molecule is C[NH+](Cc1ccc(C(F)(F)F)cc1)Cc1nc2sc3c(c2c(=O)[nH]1)CCCC3. The molecular formula is C20H21F3N3OS+. The number of hydrogen-bond donors (Lipinski definition) is 2. The van der Waals surface area contributed by atoms with Crippen molar-refractivity contribution in [2.75, 3.05) is 7.05 Å². The van der Waals surface area contributed by atoms with Gasteiger partial charge in [0, 0.05) is 10.4 Å². The molecule has 4 rings (SSSR count). The van der Waals surface area contributed by atoms with E-state index in [1.165, 1.54) is 17.0 Å². The average Bonchev–Trinajstić information content (AvgIpc) is 3.00. The number of aromatic amines is 1. The summed E-state index contributed by atoms with van der Waals surface area (Å²) in [5, 5.41) is 0.740. The highest BCUT2D eigenvalue weighted by molar-refractivity contribution is 7.18. The Bertz CT molecular complexity index is 1050. The van der Waals surface area contributed by atoms with Crippen LogP contribution in [-0.4, -0.2) is 17.0 Å². The number of aryl methyl sites for hydroxylation is 2. The minimum Gasteiger partial charge on any atom is -0.327 e. The lowest BCUT2D eigenvalue weighted by Gasteiger charge is -2.14. The first-order chi connectivity index (χ1) is 13.3. The summed E-state index contributed by atoms with van der Waals surface area (Å²) >= 11 is 1.62. The van der Waals surface area contributed by atoms with Crippen LogP contribution in [0.1, 0.15) is 40.2 Å². The summed E-state index contributed by atoms with van der Waals surface area (Å²) in [5.74, 6) is 0.612. The lowest BCUT2D eigenvalue weighted by atomic mass is 9.97. The van der Waals surface area contributed by atoms with Gasteiger partial charge in [0.2, 0.25) is 0 Å². The Hall–Kier alpha value is -2.19. The van der Waals surface area contributed by atoms with Gasteiger partial charge in [-0.1, -0.05) is 12.1 Å². The predicted octanol–water partition coefficient (Wildman–Crippen LogP) is 3.10. The van der Waals surface area contributed by atoms with Gasteiger partial charge in [-0.15, -0.1) is 11.3 Å². The fourth-order valence-electron chi connectivity index (χ4n) is 3.80. The molecule has 1 unspecified atom stereocenters. The van der Waals surface area contributed by atoms with Crippen LogP contribution in [0, 0.1) is 0 Å². The zero-order chi connectivity index (χ0) is 19.9. The van der Waals surface area contributed by atoms with Crippen molar-refractivity contribution in [2.45, 2.75) is 44.9 Å². The van der Waals surface area contributed by atoms with E-state index in [4.69, 9.17) is 0 Å². The number of quaternary nitrogens is 1. The van der Waals surface area contributed by atoms with Crippen molar-refractivity contribution in [2.24, 2.45) is 0 Å². The van der Waals surface area contributed by atoms with Crippen LogP contribution in [0.5, 0.6) is 0 Å². The summed E-state index contributed by atoms with van der Waals surface area (Å²) in [6.07, 6.45) is -0.0939. The smallest absolute Gasteiger partial charge is 0.327 e. The first-order valence-corrected chi connectivity index (χ1v) is 10.1. The van der Waals surface area contributed by atoms with E-state index >= 15 is 0 Å². The number of alkyl halides is 3. The molecule has 28 heavy (non-hydrogen) atoms. The fraction of sp³-hybridized carbons (Fsp3) is 0.400. The van der Waals surface area contributed by atoms with Gasteiger partial charge in [-0.05, 0) is 43.4 Å². The van der Waals surface area contributed by atoms with E-state index < -0.39 is 11.7 Å². The van der Waals surface area contributed by atoms with E-state index in [-0.39, 0.29) is 5.56 Å². The van der Waals surface area contributed by atoms with Gasteiger partial charge in [-0.3, -0.25) is 4.79 Å². The van der Waals surface area contributed by atoms with Crippen molar-refractivity contribution < 1.29 is 18.1 Å². The molecule has 0 spiro atoms. The summed E-state index contributed by atoms with van der Waals surface area (Å²) in [7, 11) is 1.93. The Kier molecular flexibility index (Phi) is 5.01. The maximum absolute atomic E-state index is 12.7. The minimum absolute atomic E-state index is 0.0817. The first-order valence-electron chi connectivity index (χ1n) is 9.32. The topological polar surface area (TPSA) is 50.2 Å². The number of nitrogens with one attached hydrogen (secondary N) is 2. The van der Waals surface area contributed by atoms with E-state index in [0.717, 1.165) is 64.1 Å². The second-order valence-electron chi connectivity index (χ2n) is 7.41. The molecule has 0 radical (unpaired) electrons. The number of hydrogen-bond acceptors (Lipinski definition) is 3. The van der Waals surface area contributed by atoms with Crippen LogP contribution >= 0.6 is 11.3 Å². The number of aromatic nitrogens is 2. The molecule has 4 nitrogen and oxygen atoms in total. The predicted molar refractivity (Wildman–Crippen MR) is 103 cm³/mol. The lowest BCUT2D eigenvalue weighted by Crippen LogP contribution is -3.06. The van der Waals surface area contributed by atoms with Crippen molar-refractivity contribution in [1.82, 2.24) is 9.97 Å². The highest BCUT2D eigenvalue weighted by Gasteiger charge is 2.30. The van der Waals surface area contributed by atoms with Gasteiger partial charge in [0.25, 0.3) is 5.56 Å². The molecule has 0 fully saturated rings. The molecule has 8 heteroatoms. The van der Waals surface area contributed by atoms with Crippen LogP contribution in [0.4, 0.5) is 13.2 Å². The highest BCUT2D eigenvalue weighted by atomic mass is 32.1. The molecule has 0 saturated heterocycles. The normalized spacial score (nSPS) is 15.6. The van der Waals surface area contributed by atoms with E-state index in [1.54, 1.807) is 11.3 Å². The van der Waals surface area contributed by atoms with Gasteiger partial charge >= 0.3 is 6.18 Å². The highest BCUT2D eigenvalue weighted by Crippen LogP contribution is 2.33. The van der Waals surface area contributed by atoms with Gasteiger partial charge in [-0.25, -0.2) is 4.98 Å². The summed E-state index contributed by atoms with van der Waals surface area (Å²) in [5.41, 5.74) is 1.24. The molecule has 0 bridgehead atoms. The molecular weight excluding hydrogens is 387 g/mol. The molecule has 1 aliphatic rings. The molecule has 2 heterocycles. The maximum Gasteiger partial charge on any atom is 0.416 e. The average molecular weight is 408 g/mol. The largest absolute Gasteiger partial charge is 0.416 e. The molecule has 1 atom stereocenters. The number of rotatable bonds is 4. The second kappa shape index (κ2) is 7.33. The summed E-state index contributed by atoms with van der Waals surface area (Å²) in [6, 6.07) is 5.20. The Balaban J connectivity index is 1.51. The molecule has 2 N–H and O–H groups in total. The van der Waals surface area contributed by atoms with Gasteiger partial charge in [-0.2, -0.15) is 13.2 Å². The first kappa shape index (κ1) is 19.1. The maximum atomic E-state index is 12.7. The van der Waals surface area contributed by atoms with Crippen LogP contribution in [0.3, 0.4) is 0 Å². The van der Waals surface area contributed by atoms with Gasteiger partial charge in [0.05, 0.1) is 18.0 Å². The molecule has 0 saturated carbocycles. The number of nitrogens with zero attached hydrogens (tertiary/aromatic N) is 1. The molecule has 0 amide bonds. The number of fused-ring (bicyclic) bond motifs is 3. The molecule has 1 aliphatic carbocycles. The van der Waals surface area contributed by atoms with Crippen molar-refractivity contribution >= 4 is 21.6 Å². The molecule has 3 aromatic rings. The standard InChI is InChI=1S/C20H20F3N3OS/c1-26(10-12-6-8-13(9-7-12)20(21,22)23)11-16-24-18(27)17-14-4-2-3-5-15(14)28-19(17)25-16/h6-9H,2-5,10-11H2,1H3,(H,24,25,27)/p+1. The van der Waals surface area contributed by atoms with Crippen molar-refractivity contribution in [3.8, 4) is 0 Å². The van der Waals surface area contributed by atoms with Crippen LogP contribution in [-0.2, 0) is 32.1 Å². The Morgan fingerprint density at radius 2 is 1.86 bits per heavy atom. The summed E-state index contributed by atoms with van der Waals surface area (Å²) in [6.45, 7) is 1.04. The van der Waals surface area contributed by atoms with Gasteiger partial charge < -0.3 is 9.88 Å². The van der Waals surface area contributed by atoms with Crippen LogP contribution in [0.2, 0.25) is 0 Å². The summed E-state index contributed by atoms with van der Waals surface area (Å²) in [4.78, 5) is 23.3. The lowest BCUT2D eigenvalue weighted by molar-refractivity contribution is -0.908. The van der Waals surface area contributed by atoms with Crippen molar-refractivity contribution in [1.29, 1.82) is 0 Å². The minimum atomic E-state index is -4.32. The Labute approximate surface area is 164 Å². The van der Waals surface area contributed by atoms with Crippen LogP contribution < -0.4 is 10.5 Å². The third kappa shape index (κ3) is 3.84. The third-order valence-corrected chi connectivity index (χ3v) is 6.32. The van der Waals surface area contributed by atoms with E-state index in [2.05, 4.69) is 9.97 Å². The monoisotopic (exact) mass is 408 g/mol. The quantitative estimate of drug-likeness (QED) is 0.697. The zero-order valence-corrected chi connectivity index (χ0v) is 16.3. The fourth-order valence-corrected chi connectivity index (χ4v) is 5.08. The van der Waals surface area contributed by atoms with Crippen LogP contribution in [0.25, 0.3) is 10.2 Å². The zero-order valence-electron chi connectivity index (χ0n) is 15.4. The Morgan fingerprint density at radius 1 is 1.14 bits per heavy atom. The van der Waals surface area contributed by atoms with E-state index in [9.17, 15) is 18.0 Å². The van der Waals surface area contributed by atoms with Crippen molar-refractivity contribution in [3.63, 3.8) is 0 Å². The van der Waals surface area contributed by atoms with Gasteiger partial charge in [0.15, 0.2) is 5.82 Å². The van der Waals surface area contributed by atoms with Gasteiger partial charge in [0.1, 0.15) is 17.9 Å². The molecule has 0 aliphatic heterocycles. The van der Waals surface area contributed by atoms with E-state index in [0.29, 0.717) is 18.9 Å². The number of halogens is 3. The van der Waals surface area contributed by atoms with Crippen LogP contribution in [0.15, 0.2) is 29.1 Å². The number of thiophene rings is 1. The molecule has 1 aromatic carbocycles. The van der Waals surface area contributed by atoms with E-state index in [1.807, 2.05) is 7.05 Å². The third-order valence-electron chi connectivity index (χ3n) is 5.13. The Morgan fingerprint density at radius 3 is 2.57 bits per heavy atom. The molecule has 2 aromatic heterocycles. The number of H-pyrrole nitrogens is 1. The second-order valence-corrected chi connectivity index (χ2v) is 8.49. The molecule has 148 valence electrons. The van der Waals surface area contributed by atoms with Crippen molar-refractivity contribution in [3.05, 3.63) is 62.0 Å².